The predicted octanol–water partition coefficient (Wildman–Crippen LogP) is 4.57. The van der Waals surface area contributed by atoms with E-state index in [0.29, 0.717) is 43.1 Å². The van der Waals surface area contributed by atoms with Crippen LogP contribution in [0.1, 0.15) is 29.3 Å². The maximum absolute atomic E-state index is 12.7. The minimum absolute atomic E-state index is 0.202. The van der Waals surface area contributed by atoms with Gasteiger partial charge in [0.05, 0.1) is 11.1 Å². The van der Waals surface area contributed by atoms with E-state index in [1.54, 1.807) is 37.2 Å². The second-order valence-electron chi connectivity index (χ2n) is 7.09. The van der Waals surface area contributed by atoms with Crippen LogP contribution in [0.2, 0.25) is 0 Å². The highest BCUT2D eigenvalue weighted by Gasteiger charge is 2.30. The molecule has 32 heavy (non-hydrogen) atoms. The van der Waals surface area contributed by atoms with Crippen molar-refractivity contribution in [1.82, 2.24) is 5.32 Å². The first-order valence-corrected chi connectivity index (χ1v) is 10.0. The van der Waals surface area contributed by atoms with Crippen molar-refractivity contribution in [2.45, 2.75) is 19.5 Å². The van der Waals surface area contributed by atoms with Crippen molar-refractivity contribution in [2.75, 3.05) is 49.4 Å². The summed E-state index contributed by atoms with van der Waals surface area (Å²) in [6, 6.07) is 8.32. The fraction of sp³-hybridized carbons (Fsp3) is 0.364. The van der Waals surface area contributed by atoms with Crippen molar-refractivity contribution in [3.63, 3.8) is 0 Å². The quantitative estimate of drug-likeness (QED) is 0.487. The van der Waals surface area contributed by atoms with Gasteiger partial charge in [-0.05, 0) is 55.8 Å². The van der Waals surface area contributed by atoms with Gasteiger partial charge < -0.3 is 25.6 Å². The Morgan fingerprint density at radius 1 is 1.00 bits per heavy atom. The molecule has 0 aromatic heterocycles. The van der Waals surface area contributed by atoms with Gasteiger partial charge in [0.15, 0.2) is 0 Å². The summed E-state index contributed by atoms with van der Waals surface area (Å²) in [6.45, 7) is 3.50. The summed E-state index contributed by atoms with van der Waals surface area (Å²) in [5.74, 6) is -0.294. The Kier molecular flexibility index (Phi) is 8.89. The summed E-state index contributed by atoms with van der Waals surface area (Å²) in [5.41, 5.74) is 0.798. The highest BCUT2D eigenvalue weighted by atomic mass is 19.4. The van der Waals surface area contributed by atoms with Gasteiger partial charge in [-0.3, -0.25) is 4.79 Å². The molecule has 0 saturated heterocycles. The van der Waals surface area contributed by atoms with Crippen LogP contribution in [-0.4, -0.2) is 45.8 Å². The van der Waals surface area contributed by atoms with E-state index in [2.05, 4.69) is 16.0 Å². The van der Waals surface area contributed by atoms with Crippen molar-refractivity contribution in [3.05, 3.63) is 53.6 Å². The fourth-order valence-corrected chi connectivity index (χ4v) is 2.84. The van der Waals surface area contributed by atoms with E-state index >= 15 is 0 Å². The second kappa shape index (κ2) is 11.4. The molecule has 7 nitrogen and oxygen atoms in total. The average Bonchev–Trinajstić information content (AvgIpc) is 2.73. The molecule has 0 aliphatic carbocycles. The van der Waals surface area contributed by atoms with Crippen LogP contribution < -0.4 is 20.9 Å². The average molecular weight is 452 g/mol. The monoisotopic (exact) mass is 452 g/mol. The third-order valence-electron chi connectivity index (χ3n) is 4.41. The molecule has 10 heteroatoms. The minimum atomic E-state index is -4.45. The molecule has 0 spiro atoms. The van der Waals surface area contributed by atoms with E-state index in [1.807, 2.05) is 6.92 Å². The first-order chi connectivity index (χ1) is 15.1. The Labute approximate surface area is 184 Å². The highest BCUT2D eigenvalue weighted by molar-refractivity contribution is 6.03. The molecule has 3 N–H and O–H groups in total. The van der Waals surface area contributed by atoms with Crippen LogP contribution in [0.5, 0.6) is 0 Å². The Bertz CT molecular complexity index is 916. The van der Waals surface area contributed by atoms with Gasteiger partial charge in [-0.15, -0.1) is 0 Å². The molecule has 0 aliphatic rings. The van der Waals surface area contributed by atoms with Gasteiger partial charge in [0, 0.05) is 50.9 Å². The van der Waals surface area contributed by atoms with Gasteiger partial charge in [0.25, 0.3) is 5.91 Å². The maximum Gasteiger partial charge on any atom is 0.416 e. The van der Waals surface area contributed by atoms with E-state index in [9.17, 15) is 22.8 Å². The van der Waals surface area contributed by atoms with Crippen LogP contribution in [-0.2, 0) is 10.9 Å². The number of carbonyl (C=O) groups excluding carboxylic acids is 2. The van der Waals surface area contributed by atoms with E-state index in [1.165, 1.54) is 12.1 Å². The number of amides is 3. The highest BCUT2D eigenvalue weighted by Crippen LogP contribution is 2.30. The van der Waals surface area contributed by atoms with Gasteiger partial charge in [0.2, 0.25) is 0 Å². The van der Waals surface area contributed by atoms with Crippen LogP contribution in [0, 0.1) is 0 Å². The van der Waals surface area contributed by atoms with Crippen molar-refractivity contribution in [2.24, 2.45) is 0 Å². The van der Waals surface area contributed by atoms with Gasteiger partial charge in [-0.2, -0.15) is 13.2 Å². The number of hydrogen-bond donors (Lipinski definition) is 3. The van der Waals surface area contributed by atoms with Crippen molar-refractivity contribution < 1.29 is 27.5 Å². The number of halogens is 3. The van der Waals surface area contributed by atoms with Crippen molar-refractivity contribution >= 4 is 29.0 Å². The molecule has 2 rings (SSSR count). The molecule has 174 valence electrons. The minimum Gasteiger partial charge on any atom is -0.382 e. The van der Waals surface area contributed by atoms with E-state index in [0.717, 1.165) is 12.1 Å². The number of nitrogens with zero attached hydrogens (tertiary/aromatic N) is 1. The summed E-state index contributed by atoms with van der Waals surface area (Å²) < 4.78 is 43.2. The number of alkyl halides is 3. The SMILES string of the molecule is CCOCCCNC(=O)c1cc(NC(=O)Nc2ccc(C(F)(F)F)cc2)ccc1N(C)C. The second-order valence-corrected chi connectivity index (χ2v) is 7.09. The van der Waals surface area contributed by atoms with Crippen LogP contribution in [0.25, 0.3) is 0 Å². The van der Waals surface area contributed by atoms with Crippen molar-refractivity contribution in [1.29, 1.82) is 0 Å². The number of hydrogen-bond acceptors (Lipinski definition) is 4. The molecule has 0 atom stereocenters. The number of benzene rings is 2. The van der Waals surface area contributed by atoms with E-state index in [4.69, 9.17) is 4.74 Å². The standard InChI is InChI=1S/C22H27F3N4O3/c1-4-32-13-5-12-26-20(30)18-14-17(10-11-19(18)29(2)3)28-21(31)27-16-8-6-15(7-9-16)22(23,24)25/h6-11,14H,4-5,12-13H2,1-3H3,(H,26,30)(H2,27,28,31). The van der Waals surface area contributed by atoms with Crippen LogP contribution in [0.3, 0.4) is 0 Å². The van der Waals surface area contributed by atoms with Crippen LogP contribution in [0.15, 0.2) is 42.5 Å². The molecule has 0 heterocycles. The lowest BCUT2D eigenvalue weighted by Gasteiger charge is -2.18. The number of anilines is 3. The summed E-state index contributed by atoms with van der Waals surface area (Å²) in [6.07, 6.45) is -3.78. The summed E-state index contributed by atoms with van der Waals surface area (Å²) in [7, 11) is 3.59. The largest absolute Gasteiger partial charge is 0.416 e. The predicted molar refractivity (Wildman–Crippen MR) is 118 cm³/mol. The summed E-state index contributed by atoms with van der Waals surface area (Å²) in [4.78, 5) is 26.7. The number of urea groups is 1. The Morgan fingerprint density at radius 3 is 2.22 bits per heavy atom. The molecule has 2 aromatic rings. The van der Waals surface area contributed by atoms with Crippen molar-refractivity contribution in [3.8, 4) is 0 Å². The molecule has 0 radical (unpaired) electrons. The zero-order chi connectivity index (χ0) is 23.7. The number of nitrogens with one attached hydrogen (secondary N) is 3. The third-order valence-corrected chi connectivity index (χ3v) is 4.41. The Balaban J connectivity index is 2.05. The number of carbonyl (C=O) groups is 2. The third kappa shape index (κ3) is 7.45. The normalized spacial score (nSPS) is 11.1. The Hall–Kier alpha value is -3.27. The molecular formula is C22H27F3N4O3. The molecule has 0 unspecified atom stereocenters. The molecular weight excluding hydrogens is 425 g/mol. The van der Waals surface area contributed by atoms with Gasteiger partial charge in [-0.1, -0.05) is 0 Å². The lowest BCUT2D eigenvalue weighted by Crippen LogP contribution is -2.27. The van der Waals surface area contributed by atoms with Gasteiger partial charge in [0.1, 0.15) is 0 Å². The molecule has 2 aromatic carbocycles. The topological polar surface area (TPSA) is 82.7 Å². The number of rotatable bonds is 9. The molecule has 0 saturated carbocycles. The smallest absolute Gasteiger partial charge is 0.382 e. The zero-order valence-corrected chi connectivity index (χ0v) is 18.2. The summed E-state index contributed by atoms with van der Waals surface area (Å²) >= 11 is 0. The lowest BCUT2D eigenvalue weighted by atomic mass is 10.1. The first kappa shape index (κ1) is 25.0. The van der Waals surface area contributed by atoms with E-state index < -0.39 is 17.8 Å². The van der Waals surface area contributed by atoms with E-state index in [-0.39, 0.29) is 11.6 Å². The van der Waals surface area contributed by atoms with Crippen LogP contribution in [0.4, 0.5) is 35.0 Å². The zero-order valence-electron chi connectivity index (χ0n) is 18.2. The molecule has 0 bridgehead atoms. The molecule has 0 fully saturated rings. The van der Waals surface area contributed by atoms with Gasteiger partial charge in [-0.25, -0.2) is 4.79 Å². The number of ether oxygens (including phenoxy) is 1. The van der Waals surface area contributed by atoms with Gasteiger partial charge >= 0.3 is 12.2 Å². The lowest BCUT2D eigenvalue weighted by molar-refractivity contribution is -0.137. The first-order valence-electron chi connectivity index (χ1n) is 10.0. The molecule has 0 aliphatic heterocycles. The molecule has 3 amide bonds. The van der Waals surface area contributed by atoms with Crippen LogP contribution >= 0.6 is 0 Å². The summed E-state index contributed by atoms with van der Waals surface area (Å²) in [5, 5.41) is 7.88. The Morgan fingerprint density at radius 2 is 1.62 bits per heavy atom. The fourth-order valence-electron chi connectivity index (χ4n) is 2.84. The maximum atomic E-state index is 12.7.